The third-order valence-corrected chi connectivity index (χ3v) is 1.44. The van der Waals surface area contributed by atoms with Crippen molar-refractivity contribution in [2.45, 2.75) is 16.9 Å². The molecule has 0 rings (SSSR count). The second-order valence-electron chi connectivity index (χ2n) is 1.66. The molecule has 0 saturated carbocycles. The molecule has 1 unspecified atom stereocenters. The number of nitrogens with one attached hydrogen (secondary N) is 1. The maximum absolute atomic E-state index is 9.97. The predicted octanol–water partition coefficient (Wildman–Crippen LogP) is 1.47. The molecule has 1 N–H and O–H groups in total. The van der Waals surface area contributed by atoms with E-state index in [4.69, 9.17) is 39.5 Å². The lowest BCUT2D eigenvalue weighted by Gasteiger charge is -2.22. The molecular weight excluding hydrogens is 212 g/mol. The first-order valence-corrected chi connectivity index (χ1v) is 4.03. The van der Waals surface area contributed by atoms with Crippen molar-refractivity contribution < 1.29 is 9.53 Å². The summed E-state index contributed by atoms with van der Waals surface area (Å²) in [5.41, 5.74) is 0. The van der Waals surface area contributed by atoms with Gasteiger partial charge in [-0.15, -0.1) is 0 Å². The summed E-state index contributed by atoms with van der Waals surface area (Å²) in [6.45, 7) is 2.09. The summed E-state index contributed by atoms with van der Waals surface area (Å²) < 4.78 is 3.28. The Hall–Kier alpha value is 0.300. The van der Waals surface area contributed by atoms with Crippen LogP contribution >= 0.6 is 34.8 Å². The molecule has 3 nitrogen and oxygen atoms in total. The molecule has 1 amide bonds. The molecule has 1 atom stereocenters. The van der Waals surface area contributed by atoms with E-state index in [2.05, 4.69) is 5.32 Å². The minimum Gasteiger partial charge on any atom is -0.354 e. The number of carbonyl (C=O) groups is 1. The summed E-state index contributed by atoms with van der Waals surface area (Å²) >= 11 is 16.3. The summed E-state index contributed by atoms with van der Waals surface area (Å²) in [5.74, 6) is 0. The summed E-state index contributed by atoms with van der Waals surface area (Å²) in [6.07, 6.45) is -0.475. The van der Waals surface area contributed by atoms with E-state index in [9.17, 15) is 4.79 Å². The fourth-order valence-corrected chi connectivity index (χ4v) is 0.844. The van der Waals surface area contributed by atoms with Gasteiger partial charge in [-0.05, 0) is 6.92 Å². The summed E-state index contributed by atoms with van der Waals surface area (Å²) in [6, 6.07) is 0. The molecule has 0 aliphatic heterocycles. The number of alkyl halides is 3. The van der Waals surface area contributed by atoms with E-state index in [1.165, 1.54) is 0 Å². The maximum Gasteiger partial charge on any atom is 0.234 e. The van der Waals surface area contributed by atoms with E-state index >= 15 is 0 Å². The monoisotopic (exact) mass is 219 g/mol. The van der Waals surface area contributed by atoms with Crippen molar-refractivity contribution >= 4 is 41.2 Å². The molecule has 0 aromatic rings. The van der Waals surface area contributed by atoms with Crippen LogP contribution in [0.25, 0.3) is 0 Å². The van der Waals surface area contributed by atoms with E-state index in [-0.39, 0.29) is 0 Å². The van der Waals surface area contributed by atoms with Gasteiger partial charge in [0.05, 0.1) is 0 Å². The Labute approximate surface area is 79.9 Å². The minimum atomic E-state index is -1.63. The molecule has 0 heterocycles. The summed E-state index contributed by atoms with van der Waals surface area (Å²) in [4.78, 5) is 9.97. The second-order valence-corrected chi connectivity index (χ2v) is 4.03. The Morgan fingerprint density at radius 1 is 1.64 bits per heavy atom. The van der Waals surface area contributed by atoms with Crippen LogP contribution in [0.15, 0.2) is 0 Å². The highest BCUT2D eigenvalue weighted by Gasteiger charge is 2.32. The van der Waals surface area contributed by atoms with Crippen LogP contribution < -0.4 is 5.32 Å². The lowest BCUT2D eigenvalue weighted by molar-refractivity contribution is -0.113. The zero-order chi connectivity index (χ0) is 8.91. The average Bonchev–Trinajstić information content (AvgIpc) is 1.85. The molecule has 0 fully saturated rings. The largest absolute Gasteiger partial charge is 0.354 e. The standard InChI is InChI=1S/C5H8Cl3NO2/c1-2-11-4(9-3-10)5(6,7)8/h3-4H,2H2,1H3,(H,9,10). The Balaban J connectivity index is 3.97. The van der Waals surface area contributed by atoms with Gasteiger partial charge in [0.15, 0.2) is 6.23 Å². The van der Waals surface area contributed by atoms with Crippen LogP contribution in [0.4, 0.5) is 0 Å². The van der Waals surface area contributed by atoms with Gasteiger partial charge in [-0.1, -0.05) is 34.8 Å². The second kappa shape index (κ2) is 5.04. The first-order valence-electron chi connectivity index (χ1n) is 2.90. The van der Waals surface area contributed by atoms with Gasteiger partial charge in [0.25, 0.3) is 0 Å². The molecule has 0 aliphatic carbocycles. The summed E-state index contributed by atoms with van der Waals surface area (Å²) in [5, 5.41) is 2.22. The Morgan fingerprint density at radius 2 is 2.18 bits per heavy atom. The van der Waals surface area contributed by atoms with Crippen LogP contribution in [0, 0.1) is 0 Å². The van der Waals surface area contributed by atoms with Crippen molar-refractivity contribution in [1.29, 1.82) is 0 Å². The third-order valence-electron chi connectivity index (χ3n) is 0.850. The smallest absolute Gasteiger partial charge is 0.234 e. The van der Waals surface area contributed by atoms with E-state index in [1.54, 1.807) is 6.92 Å². The van der Waals surface area contributed by atoms with Crippen molar-refractivity contribution in [1.82, 2.24) is 5.32 Å². The molecule has 6 heteroatoms. The van der Waals surface area contributed by atoms with Gasteiger partial charge in [-0.2, -0.15) is 0 Å². The normalized spacial score (nSPS) is 14.2. The number of amides is 1. The predicted molar refractivity (Wildman–Crippen MR) is 44.9 cm³/mol. The van der Waals surface area contributed by atoms with Gasteiger partial charge < -0.3 is 10.1 Å². The number of hydrogen-bond donors (Lipinski definition) is 1. The molecule has 0 radical (unpaired) electrons. The number of rotatable bonds is 4. The lowest BCUT2D eigenvalue weighted by atomic mass is 10.6. The third kappa shape index (κ3) is 4.69. The molecule has 0 spiro atoms. The maximum atomic E-state index is 9.97. The van der Waals surface area contributed by atoms with Crippen molar-refractivity contribution in [3.63, 3.8) is 0 Å². The fraction of sp³-hybridized carbons (Fsp3) is 0.800. The summed E-state index contributed by atoms with van der Waals surface area (Å²) in [7, 11) is 0. The van der Waals surface area contributed by atoms with Crippen LogP contribution in [0.5, 0.6) is 0 Å². The van der Waals surface area contributed by atoms with E-state index in [0.717, 1.165) is 0 Å². The van der Waals surface area contributed by atoms with Gasteiger partial charge in [-0.25, -0.2) is 0 Å². The van der Waals surface area contributed by atoms with Crippen LogP contribution in [0.2, 0.25) is 0 Å². The molecule has 0 bridgehead atoms. The highest BCUT2D eigenvalue weighted by atomic mass is 35.6. The van der Waals surface area contributed by atoms with Crippen molar-refractivity contribution in [3.05, 3.63) is 0 Å². The Kier molecular flexibility index (Phi) is 5.17. The molecule has 0 aromatic heterocycles. The van der Waals surface area contributed by atoms with Crippen molar-refractivity contribution in [2.75, 3.05) is 6.61 Å². The van der Waals surface area contributed by atoms with Gasteiger partial charge in [0.1, 0.15) is 0 Å². The van der Waals surface area contributed by atoms with Crippen LogP contribution in [-0.4, -0.2) is 23.0 Å². The SMILES string of the molecule is CCOC(NC=O)C(Cl)(Cl)Cl. The van der Waals surface area contributed by atoms with E-state index in [0.29, 0.717) is 13.0 Å². The Bertz CT molecular complexity index is 125. The van der Waals surface area contributed by atoms with Gasteiger partial charge >= 0.3 is 0 Å². The molecule has 0 saturated heterocycles. The average molecular weight is 220 g/mol. The quantitative estimate of drug-likeness (QED) is 0.443. The minimum absolute atomic E-state index is 0.361. The number of halogens is 3. The lowest BCUT2D eigenvalue weighted by Crippen LogP contribution is -2.41. The topological polar surface area (TPSA) is 38.3 Å². The van der Waals surface area contributed by atoms with Crippen molar-refractivity contribution in [3.8, 4) is 0 Å². The molecule has 11 heavy (non-hydrogen) atoms. The van der Waals surface area contributed by atoms with Gasteiger partial charge in [0, 0.05) is 6.61 Å². The van der Waals surface area contributed by atoms with E-state index in [1.807, 2.05) is 0 Å². The number of ether oxygens (including phenoxy) is 1. The van der Waals surface area contributed by atoms with E-state index < -0.39 is 10.0 Å². The number of hydrogen-bond acceptors (Lipinski definition) is 2. The highest BCUT2D eigenvalue weighted by Crippen LogP contribution is 2.30. The van der Waals surface area contributed by atoms with Crippen LogP contribution in [0.1, 0.15) is 6.92 Å². The zero-order valence-corrected chi connectivity index (χ0v) is 8.08. The zero-order valence-electron chi connectivity index (χ0n) is 5.81. The van der Waals surface area contributed by atoms with Crippen LogP contribution in [-0.2, 0) is 9.53 Å². The van der Waals surface area contributed by atoms with Gasteiger partial charge in [-0.3, -0.25) is 4.79 Å². The molecule has 0 aromatic carbocycles. The molecule has 0 aliphatic rings. The molecular formula is C5H8Cl3NO2. The molecule has 66 valence electrons. The van der Waals surface area contributed by atoms with Gasteiger partial charge in [0.2, 0.25) is 10.2 Å². The van der Waals surface area contributed by atoms with Crippen molar-refractivity contribution in [2.24, 2.45) is 0 Å². The highest BCUT2D eigenvalue weighted by molar-refractivity contribution is 6.68. The fourth-order valence-electron chi connectivity index (χ4n) is 0.466. The first kappa shape index (κ1) is 11.3. The number of carbonyl (C=O) groups excluding carboxylic acids is 1. The Morgan fingerprint density at radius 3 is 2.45 bits per heavy atom. The van der Waals surface area contributed by atoms with Crippen LogP contribution in [0.3, 0.4) is 0 Å². The first-order chi connectivity index (χ1) is 5.02.